The highest BCUT2D eigenvalue weighted by Crippen LogP contribution is 2.38. The van der Waals surface area contributed by atoms with E-state index in [0.717, 1.165) is 34.8 Å². The van der Waals surface area contributed by atoms with E-state index < -0.39 is 11.9 Å². The highest BCUT2D eigenvalue weighted by Gasteiger charge is 2.31. The van der Waals surface area contributed by atoms with E-state index in [9.17, 15) is 9.90 Å². The van der Waals surface area contributed by atoms with Crippen LogP contribution in [0, 0.1) is 6.92 Å². The highest BCUT2D eigenvalue weighted by molar-refractivity contribution is 7.17. The number of rotatable bonds is 2. The third-order valence-electron chi connectivity index (χ3n) is 4.31. The average molecular weight is 312 g/mol. The summed E-state index contributed by atoms with van der Waals surface area (Å²) in [6.45, 7) is 2.06. The van der Waals surface area contributed by atoms with Crippen LogP contribution < -0.4 is 0 Å². The summed E-state index contributed by atoms with van der Waals surface area (Å²) in [5, 5.41) is 9.49. The average Bonchev–Trinajstić information content (AvgIpc) is 3.04. The number of nitrogens with zero attached hydrogens (tertiary/aromatic N) is 2. The van der Waals surface area contributed by atoms with Crippen LogP contribution in [0.5, 0.6) is 0 Å². The summed E-state index contributed by atoms with van der Waals surface area (Å²) >= 11 is 1.63. The minimum atomic E-state index is -0.730. The topological polar surface area (TPSA) is 54.6 Å². The van der Waals surface area contributed by atoms with E-state index >= 15 is 0 Å². The second-order valence-electron chi connectivity index (χ2n) is 5.84. The van der Waals surface area contributed by atoms with E-state index in [1.165, 1.54) is 10.4 Å². The molecule has 1 aliphatic rings. The lowest BCUT2D eigenvalue weighted by Crippen LogP contribution is -2.18. The van der Waals surface area contributed by atoms with Crippen LogP contribution in [0.3, 0.4) is 0 Å². The van der Waals surface area contributed by atoms with Gasteiger partial charge in [-0.2, -0.15) is 0 Å². The molecule has 4 rings (SSSR count). The van der Waals surface area contributed by atoms with Crippen LogP contribution in [0.1, 0.15) is 34.9 Å². The number of aliphatic carboxylic acids is 1. The summed E-state index contributed by atoms with van der Waals surface area (Å²) in [5.41, 5.74) is 4.12. The SMILES string of the molecule is Cc1ccc(-c2cn3c4c(sc3n2)CCCC4C(=O)O)cc1. The molecule has 1 aromatic carbocycles. The van der Waals surface area contributed by atoms with E-state index in [4.69, 9.17) is 4.98 Å². The summed E-state index contributed by atoms with van der Waals surface area (Å²) in [7, 11) is 0. The number of aromatic nitrogens is 2. The molecule has 0 saturated carbocycles. The fraction of sp³-hybridized carbons (Fsp3) is 0.294. The summed E-state index contributed by atoms with van der Waals surface area (Å²) in [6.07, 6.45) is 4.61. The van der Waals surface area contributed by atoms with Gasteiger partial charge in [0.1, 0.15) is 0 Å². The molecule has 2 heterocycles. The van der Waals surface area contributed by atoms with Gasteiger partial charge < -0.3 is 5.11 Å². The van der Waals surface area contributed by atoms with Crippen molar-refractivity contribution in [2.45, 2.75) is 32.1 Å². The van der Waals surface area contributed by atoms with Gasteiger partial charge in [-0.05, 0) is 26.2 Å². The van der Waals surface area contributed by atoms with Crippen molar-refractivity contribution in [2.75, 3.05) is 0 Å². The van der Waals surface area contributed by atoms with Crippen molar-refractivity contribution in [3.8, 4) is 11.3 Å². The number of carboxylic acid groups (broad SMARTS) is 1. The minimum absolute atomic E-state index is 0.405. The molecule has 0 radical (unpaired) electrons. The van der Waals surface area contributed by atoms with Crippen LogP contribution in [-0.2, 0) is 11.2 Å². The molecule has 112 valence electrons. The number of thiazole rings is 1. The van der Waals surface area contributed by atoms with Crippen molar-refractivity contribution < 1.29 is 9.90 Å². The summed E-state index contributed by atoms with van der Waals surface area (Å²) < 4.78 is 1.99. The van der Waals surface area contributed by atoms with Crippen LogP contribution in [-0.4, -0.2) is 20.5 Å². The number of hydrogen-bond donors (Lipinski definition) is 1. The Morgan fingerprint density at radius 2 is 2.14 bits per heavy atom. The predicted molar refractivity (Wildman–Crippen MR) is 86.6 cm³/mol. The van der Waals surface area contributed by atoms with Crippen molar-refractivity contribution in [1.29, 1.82) is 0 Å². The number of imidazole rings is 1. The van der Waals surface area contributed by atoms with Crippen molar-refractivity contribution in [2.24, 2.45) is 0 Å². The van der Waals surface area contributed by atoms with E-state index in [1.807, 2.05) is 10.6 Å². The summed E-state index contributed by atoms with van der Waals surface area (Å²) in [5.74, 6) is -1.14. The van der Waals surface area contributed by atoms with Gasteiger partial charge in [-0.3, -0.25) is 9.20 Å². The fourth-order valence-corrected chi connectivity index (χ4v) is 4.36. The van der Waals surface area contributed by atoms with Crippen molar-refractivity contribution >= 4 is 22.3 Å². The zero-order valence-electron chi connectivity index (χ0n) is 12.2. The lowest BCUT2D eigenvalue weighted by Gasteiger charge is -2.18. The van der Waals surface area contributed by atoms with Gasteiger partial charge in [-0.1, -0.05) is 29.8 Å². The molecule has 0 spiro atoms. The first-order valence-electron chi connectivity index (χ1n) is 7.44. The van der Waals surface area contributed by atoms with Crippen molar-refractivity contribution in [3.05, 3.63) is 46.6 Å². The standard InChI is InChI=1S/C17H16N2O2S/c1-10-5-7-11(8-6-10)13-9-19-15-12(16(20)21)3-2-4-14(15)22-17(19)18-13/h5-9,12H,2-4H2,1H3,(H,20,21). The third-order valence-corrected chi connectivity index (χ3v) is 5.44. The van der Waals surface area contributed by atoms with Crippen molar-refractivity contribution in [1.82, 2.24) is 9.38 Å². The monoisotopic (exact) mass is 312 g/mol. The third kappa shape index (κ3) is 2.04. The largest absolute Gasteiger partial charge is 0.481 e. The number of aryl methyl sites for hydroxylation is 2. The molecule has 1 aliphatic carbocycles. The molecule has 22 heavy (non-hydrogen) atoms. The molecule has 0 amide bonds. The molecule has 0 fully saturated rings. The molecule has 1 atom stereocenters. The molecule has 1 N–H and O–H groups in total. The lowest BCUT2D eigenvalue weighted by atomic mass is 9.91. The molecule has 5 heteroatoms. The Kier molecular flexibility index (Phi) is 3.04. The van der Waals surface area contributed by atoms with Gasteiger partial charge in [0.15, 0.2) is 4.96 Å². The van der Waals surface area contributed by atoms with Gasteiger partial charge in [0.2, 0.25) is 0 Å². The van der Waals surface area contributed by atoms with E-state index in [1.54, 1.807) is 11.3 Å². The molecular weight excluding hydrogens is 296 g/mol. The van der Waals surface area contributed by atoms with Gasteiger partial charge in [-0.15, -0.1) is 11.3 Å². The van der Waals surface area contributed by atoms with Crippen LogP contribution >= 0.6 is 11.3 Å². The van der Waals surface area contributed by atoms with Gasteiger partial charge in [0.25, 0.3) is 0 Å². The maximum atomic E-state index is 11.5. The van der Waals surface area contributed by atoms with Gasteiger partial charge in [-0.25, -0.2) is 4.98 Å². The van der Waals surface area contributed by atoms with E-state index in [0.29, 0.717) is 6.42 Å². The zero-order chi connectivity index (χ0) is 15.3. The first kappa shape index (κ1) is 13.5. The molecule has 4 nitrogen and oxygen atoms in total. The maximum Gasteiger partial charge on any atom is 0.312 e. The second-order valence-corrected chi connectivity index (χ2v) is 6.90. The number of carboxylic acids is 1. The predicted octanol–water partition coefficient (Wildman–Crippen LogP) is 3.88. The highest BCUT2D eigenvalue weighted by atomic mass is 32.1. The molecule has 3 aromatic rings. The molecular formula is C17H16N2O2S. The number of fused-ring (bicyclic) bond motifs is 3. The second kappa shape index (κ2) is 4.95. The normalized spacial score (nSPS) is 17.6. The van der Waals surface area contributed by atoms with Crippen LogP contribution in [0.2, 0.25) is 0 Å². The maximum absolute atomic E-state index is 11.5. The number of hydrogen-bond acceptors (Lipinski definition) is 3. The van der Waals surface area contributed by atoms with Gasteiger partial charge in [0, 0.05) is 16.6 Å². The number of benzene rings is 1. The van der Waals surface area contributed by atoms with Crippen LogP contribution in [0.15, 0.2) is 30.5 Å². The molecule has 0 aliphatic heterocycles. The first-order valence-corrected chi connectivity index (χ1v) is 8.25. The summed E-state index contributed by atoms with van der Waals surface area (Å²) in [4.78, 5) is 18.3. The van der Waals surface area contributed by atoms with E-state index in [2.05, 4.69) is 31.2 Å². The Morgan fingerprint density at radius 1 is 1.36 bits per heavy atom. The Labute approximate surface area is 132 Å². The molecule has 2 aromatic heterocycles. The molecule has 1 unspecified atom stereocenters. The zero-order valence-corrected chi connectivity index (χ0v) is 13.1. The smallest absolute Gasteiger partial charge is 0.312 e. The summed E-state index contributed by atoms with van der Waals surface area (Å²) in [6, 6.07) is 8.25. The minimum Gasteiger partial charge on any atom is -0.481 e. The first-order chi connectivity index (χ1) is 10.6. The Morgan fingerprint density at radius 3 is 2.86 bits per heavy atom. The Bertz CT molecular complexity index is 861. The lowest BCUT2D eigenvalue weighted by molar-refractivity contribution is -0.139. The van der Waals surface area contributed by atoms with Gasteiger partial charge in [0.05, 0.1) is 17.3 Å². The van der Waals surface area contributed by atoms with Crippen LogP contribution in [0.25, 0.3) is 16.2 Å². The van der Waals surface area contributed by atoms with Crippen LogP contribution in [0.4, 0.5) is 0 Å². The van der Waals surface area contributed by atoms with E-state index in [-0.39, 0.29) is 0 Å². The number of carbonyl (C=O) groups is 1. The fourth-order valence-electron chi connectivity index (χ4n) is 3.15. The Hall–Kier alpha value is -2.14. The van der Waals surface area contributed by atoms with Crippen molar-refractivity contribution in [3.63, 3.8) is 0 Å². The van der Waals surface area contributed by atoms with Gasteiger partial charge >= 0.3 is 5.97 Å². The molecule has 0 bridgehead atoms. The quantitative estimate of drug-likeness (QED) is 0.781. The molecule has 0 saturated heterocycles. The Balaban J connectivity index is 1.86.